The molecule has 2 nitrogen and oxygen atoms in total. The number of nitrogens with one attached hydrogen (secondary N) is 1. The Bertz CT molecular complexity index is 494. The highest BCUT2D eigenvalue weighted by Gasteiger charge is 2.39. The fraction of sp³-hybridized carbons (Fsp3) is 0.438. The molecule has 3 rings (SSSR count). The smallest absolute Gasteiger partial charge is 0.244 e. The van der Waals surface area contributed by atoms with E-state index in [0.717, 1.165) is 17.9 Å². The second kappa shape index (κ2) is 5.16. The molecule has 2 fully saturated rings. The van der Waals surface area contributed by atoms with Gasteiger partial charge in [-0.15, -0.1) is 0 Å². The molecule has 0 heterocycles. The van der Waals surface area contributed by atoms with Crippen LogP contribution in [0.1, 0.15) is 31.2 Å². The van der Waals surface area contributed by atoms with E-state index in [4.69, 9.17) is 0 Å². The molecule has 2 bridgehead atoms. The van der Waals surface area contributed by atoms with Gasteiger partial charge in [0.25, 0.3) is 0 Å². The van der Waals surface area contributed by atoms with Gasteiger partial charge in [0.05, 0.1) is 0 Å². The molecule has 0 saturated heterocycles. The largest absolute Gasteiger partial charge is 0.350 e. The van der Waals surface area contributed by atoms with Crippen LogP contribution in [-0.4, -0.2) is 11.9 Å². The molecule has 2 aliphatic rings. The highest BCUT2D eigenvalue weighted by atomic mass is 19.1. The zero-order valence-electron chi connectivity index (χ0n) is 10.8. The van der Waals surface area contributed by atoms with Crippen molar-refractivity contribution < 1.29 is 9.18 Å². The second-order valence-electron chi connectivity index (χ2n) is 5.67. The first kappa shape index (κ1) is 12.4. The fourth-order valence-electron chi connectivity index (χ4n) is 3.40. The van der Waals surface area contributed by atoms with Crippen LogP contribution in [-0.2, 0) is 4.79 Å². The van der Waals surface area contributed by atoms with E-state index in [-0.39, 0.29) is 11.7 Å². The molecule has 100 valence electrons. The summed E-state index contributed by atoms with van der Waals surface area (Å²) in [6.07, 6.45) is 8.29. The Hall–Kier alpha value is -1.64. The molecule has 0 radical (unpaired) electrons. The lowest BCUT2D eigenvalue weighted by Crippen LogP contribution is -2.37. The molecule has 2 saturated carbocycles. The first-order chi connectivity index (χ1) is 9.20. The van der Waals surface area contributed by atoms with E-state index in [0.29, 0.717) is 12.0 Å². The van der Waals surface area contributed by atoms with Crippen molar-refractivity contribution in [2.24, 2.45) is 11.8 Å². The lowest BCUT2D eigenvalue weighted by atomic mass is 9.95. The van der Waals surface area contributed by atoms with Gasteiger partial charge in [-0.05, 0) is 54.9 Å². The zero-order valence-corrected chi connectivity index (χ0v) is 10.8. The van der Waals surface area contributed by atoms with Gasteiger partial charge < -0.3 is 5.32 Å². The first-order valence-corrected chi connectivity index (χ1v) is 6.95. The van der Waals surface area contributed by atoms with Crippen molar-refractivity contribution in [1.82, 2.24) is 5.32 Å². The second-order valence-corrected chi connectivity index (χ2v) is 5.67. The topological polar surface area (TPSA) is 29.1 Å². The highest BCUT2D eigenvalue weighted by Crippen LogP contribution is 2.44. The number of hydrogen-bond acceptors (Lipinski definition) is 1. The number of benzene rings is 1. The molecule has 1 N–H and O–H groups in total. The van der Waals surface area contributed by atoms with E-state index in [1.54, 1.807) is 24.3 Å². The van der Waals surface area contributed by atoms with E-state index in [1.165, 1.54) is 31.4 Å². The third-order valence-corrected chi connectivity index (χ3v) is 4.36. The van der Waals surface area contributed by atoms with Crippen LogP contribution in [0, 0.1) is 17.7 Å². The van der Waals surface area contributed by atoms with Crippen molar-refractivity contribution in [3.8, 4) is 0 Å². The van der Waals surface area contributed by atoms with Crippen LogP contribution >= 0.6 is 0 Å². The predicted octanol–water partition coefficient (Wildman–Crippen LogP) is 3.14. The molecular formula is C16H18FNO. The van der Waals surface area contributed by atoms with Gasteiger partial charge in [-0.3, -0.25) is 4.79 Å². The number of hydrogen-bond donors (Lipinski definition) is 1. The third kappa shape index (κ3) is 2.86. The van der Waals surface area contributed by atoms with Crippen molar-refractivity contribution in [2.45, 2.75) is 31.7 Å². The molecule has 3 atom stereocenters. The summed E-state index contributed by atoms with van der Waals surface area (Å²) in [5.41, 5.74) is 0.837. The van der Waals surface area contributed by atoms with Crippen LogP contribution in [0.5, 0.6) is 0 Å². The monoisotopic (exact) mass is 259 g/mol. The summed E-state index contributed by atoms with van der Waals surface area (Å²) in [6, 6.07) is 6.48. The SMILES string of the molecule is O=C(/C=C/c1ccc(F)cc1)N[C@@H]1C[C@H]2CC[C@H]1C2. The van der Waals surface area contributed by atoms with Gasteiger partial charge in [0.15, 0.2) is 0 Å². The Morgan fingerprint density at radius 1 is 1.21 bits per heavy atom. The van der Waals surface area contributed by atoms with Crippen LogP contribution < -0.4 is 5.32 Å². The Morgan fingerprint density at radius 3 is 2.63 bits per heavy atom. The molecule has 1 amide bonds. The number of rotatable bonds is 3. The van der Waals surface area contributed by atoms with Gasteiger partial charge in [-0.25, -0.2) is 4.39 Å². The first-order valence-electron chi connectivity index (χ1n) is 6.95. The average molecular weight is 259 g/mol. The van der Waals surface area contributed by atoms with E-state index >= 15 is 0 Å². The third-order valence-electron chi connectivity index (χ3n) is 4.36. The Kier molecular flexibility index (Phi) is 3.36. The summed E-state index contributed by atoms with van der Waals surface area (Å²) in [5, 5.41) is 3.09. The molecule has 0 spiro atoms. The summed E-state index contributed by atoms with van der Waals surface area (Å²) >= 11 is 0. The number of carbonyl (C=O) groups is 1. The molecule has 2 aliphatic carbocycles. The summed E-state index contributed by atoms with van der Waals surface area (Å²) < 4.78 is 12.7. The molecule has 0 aliphatic heterocycles. The average Bonchev–Trinajstić information content (AvgIpc) is 3.00. The maximum Gasteiger partial charge on any atom is 0.244 e. The molecule has 3 heteroatoms. The van der Waals surface area contributed by atoms with Gasteiger partial charge in [0, 0.05) is 12.1 Å². The summed E-state index contributed by atoms with van der Waals surface area (Å²) in [6.45, 7) is 0. The molecule has 1 aromatic carbocycles. The van der Waals surface area contributed by atoms with Crippen LogP contribution in [0.25, 0.3) is 6.08 Å². The number of carbonyl (C=O) groups excluding carboxylic acids is 1. The fourth-order valence-corrected chi connectivity index (χ4v) is 3.40. The minimum absolute atomic E-state index is 0.0399. The van der Waals surface area contributed by atoms with E-state index in [2.05, 4.69) is 5.32 Å². The minimum atomic E-state index is -0.261. The van der Waals surface area contributed by atoms with Crippen molar-refractivity contribution in [3.05, 3.63) is 41.7 Å². The van der Waals surface area contributed by atoms with Gasteiger partial charge in [-0.2, -0.15) is 0 Å². The van der Waals surface area contributed by atoms with E-state index in [9.17, 15) is 9.18 Å². The number of amides is 1. The Morgan fingerprint density at radius 2 is 2.00 bits per heavy atom. The summed E-state index contributed by atoms with van der Waals surface area (Å²) in [5.74, 6) is 1.22. The Labute approximate surface area is 112 Å². The van der Waals surface area contributed by atoms with Crippen LogP contribution in [0.2, 0.25) is 0 Å². The summed E-state index contributed by atoms with van der Waals surface area (Å²) in [7, 11) is 0. The summed E-state index contributed by atoms with van der Waals surface area (Å²) in [4.78, 5) is 11.8. The van der Waals surface area contributed by atoms with E-state index < -0.39 is 0 Å². The van der Waals surface area contributed by atoms with Crippen molar-refractivity contribution in [3.63, 3.8) is 0 Å². The van der Waals surface area contributed by atoms with Crippen molar-refractivity contribution in [1.29, 1.82) is 0 Å². The molecule has 0 unspecified atom stereocenters. The molecule has 0 aromatic heterocycles. The maximum atomic E-state index is 12.7. The van der Waals surface area contributed by atoms with Crippen LogP contribution in [0.15, 0.2) is 30.3 Å². The maximum absolute atomic E-state index is 12.7. The molecule has 1 aromatic rings. The molecule has 19 heavy (non-hydrogen) atoms. The predicted molar refractivity (Wildman–Crippen MR) is 72.8 cm³/mol. The van der Waals surface area contributed by atoms with Crippen molar-refractivity contribution in [2.75, 3.05) is 0 Å². The normalized spacial score (nSPS) is 29.0. The van der Waals surface area contributed by atoms with Crippen LogP contribution in [0.3, 0.4) is 0 Å². The van der Waals surface area contributed by atoms with Gasteiger partial charge in [0.2, 0.25) is 5.91 Å². The van der Waals surface area contributed by atoms with E-state index in [1.807, 2.05) is 0 Å². The quantitative estimate of drug-likeness (QED) is 0.830. The minimum Gasteiger partial charge on any atom is -0.350 e. The molecular weight excluding hydrogens is 241 g/mol. The van der Waals surface area contributed by atoms with Crippen LogP contribution in [0.4, 0.5) is 4.39 Å². The number of fused-ring (bicyclic) bond motifs is 2. The zero-order chi connectivity index (χ0) is 13.2. The highest BCUT2D eigenvalue weighted by molar-refractivity contribution is 5.91. The number of halogens is 1. The standard InChI is InChI=1S/C16H18FNO/c17-14-6-2-11(3-7-14)4-8-16(19)18-15-10-12-1-5-13(15)9-12/h2-4,6-8,12-13,15H,1,5,9-10H2,(H,18,19)/b8-4+/t12-,13-,15+/m0/s1. The Balaban J connectivity index is 1.55. The van der Waals surface area contributed by atoms with Gasteiger partial charge >= 0.3 is 0 Å². The lowest BCUT2D eigenvalue weighted by molar-refractivity contribution is -0.117. The van der Waals surface area contributed by atoms with Gasteiger partial charge in [0.1, 0.15) is 5.82 Å². The lowest BCUT2D eigenvalue weighted by Gasteiger charge is -2.22. The van der Waals surface area contributed by atoms with Crippen molar-refractivity contribution >= 4 is 12.0 Å². The van der Waals surface area contributed by atoms with Gasteiger partial charge in [-0.1, -0.05) is 18.6 Å².